The van der Waals surface area contributed by atoms with Crippen molar-refractivity contribution in [1.82, 2.24) is 0 Å². The average molecular weight is 241 g/mol. The first kappa shape index (κ1) is 16.5. The van der Waals surface area contributed by atoms with Crippen molar-refractivity contribution in [2.75, 3.05) is 0 Å². The predicted molar refractivity (Wildman–Crippen MR) is 74.7 cm³/mol. The third-order valence-electron chi connectivity index (χ3n) is 3.53. The minimum atomic E-state index is -0.185. The highest BCUT2D eigenvalue weighted by molar-refractivity contribution is 5.74. The number of rotatable bonds is 8. The molecule has 0 bridgehead atoms. The zero-order valence-electron chi connectivity index (χ0n) is 12.6. The lowest BCUT2D eigenvalue weighted by atomic mass is 9.75. The molecular weight excluding hydrogens is 210 g/mol. The fraction of sp³-hybridized carbons (Fsp3) is 0.933. The molecule has 0 aliphatic carbocycles. The highest BCUT2D eigenvalue weighted by Crippen LogP contribution is 2.36. The molecule has 0 saturated heterocycles. The Balaban J connectivity index is 4.11. The maximum absolute atomic E-state index is 11.0. The van der Waals surface area contributed by atoms with Crippen molar-refractivity contribution in [2.45, 2.75) is 73.6 Å². The first-order valence-electron chi connectivity index (χ1n) is 6.82. The second-order valence-electron chi connectivity index (χ2n) is 7.40. The molecule has 0 heterocycles. The van der Waals surface area contributed by atoms with Crippen LogP contribution in [0.2, 0.25) is 0 Å². The fourth-order valence-electron chi connectivity index (χ4n) is 2.04. The highest BCUT2D eigenvalue weighted by atomic mass is 16.1. The third-order valence-corrected chi connectivity index (χ3v) is 3.53. The molecule has 0 fully saturated rings. The molecule has 0 aromatic heterocycles. The average Bonchev–Trinajstić information content (AvgIpc) is 2.10. The summed E-state index contributed by atoms with van der Waals surface area (Å²) in [5, 5.41) is 0. The van der Waals surface area contributed by atoms with Gasteiger partial charge >= 0.3 is 0 Å². The molecule has 2 N–H and O–H groups in total. The molecule has 2 heteroatoms. The summed E-state index contributed by atoms with van der Waals surface area (Å²) in [5.41, 5.74) is 5.69. The number of nitrogens with two attached hydrogens (primary N) is 1. The largest absolute Gasteiger partial charge is 0.370 e. The van der Waals surface area contributed by atoms with E-state index in [-0.39, 0.29) is 11.3 Å². The molecule has 0 rings (SSSR count). The van der Waals surface area contributed by atoms with E-state index >= 15 is 0 Å². The second-order valence-corrected chi connectivity index (χ2v) is 7.40. The standard InChI is InChI=1S/C15H31NO/c1-12(2)7-8-14(3,4)9-10-15(5,6)11-13(16)17/h12H,7-11H2,1-6H3,(H2,16,17). The summed E-state index contributed by atoms with van der Waals surface area (Å²) in [5.74, 6) is 0.586. The Bertz CT molecular complexity index is 241. The zero-order valence-corrected chi connectivity index (χ0v) is 12.6. The summed E-state index contributed by atoms with van der Waals surface area (Å²) in [4.78, 5) is 11.0. The van der Waals surface area contributed by atoms with Crippen LogP contribution in [0.1, 0.15) is 73.6 Å². The van der Waals surface area contributed by atoms with Crippen molar-refractivity contribution in [3.63, 3.8) is 0 Å². The Morgan fingerprint density at radius 3 is 1.88 bits per heavy atom. The van der Waals surface area contributed by atoms with Crippen LogP contribution in [0.25, 0.3) is 0 Å². The number of hydrogen-bond acceptors (Lipinski definition) is 1. The molecule has 2 nitrogen and oxygen atoms in total. The lowest BCUT2D eigenvalue weighted by Crippen LogP contribution is -2.24. The molecule has 1 amide bonds. The summed E-state index contributed by atoms with van der Waals surface area (Å²) in [6.45, 7) is 13.5. The van der Waals surface area contributed by atoms with Crippen LogP contribution in [-0.2, 0) is 4.79 Å². The van der Waals surface area contributed by atoms with E-state index in [1.165, 1.54) is 19.3 Å². The summed E-state index contributed by atoms with van der Waals surface area (Å²) >= 11 is 0. The summed E-state index contributed by atoms with van der Waals surface area (Å²) < 4.78 is 0. The molecule has 102 valence electrons. The smallest absolute Gasteiger partial charge is 0.217 e. The maximum atomic E-state index is 11.0. The van der Waals surface area contributed by atoms with E-state index in [9.17, 15) is 4.79 Å². The lowest BCUT2D eigenvalue weighted by molar-refractivity contribution is -0.120. The maximum Gasteiger partial charge on any atom is 0.217 e. The monoisotopic (exact) mass is 241 g/mol. The van der Waals surface area contributed by atoms with E-state index in [0.717, 1.165) is 12.3 Å². The molecule has 0 spiro atoms. The van der Waals surface area contributed by atoms with E-state index in [0.29, 0.717) is 11.8 Å². The SMILES string of the molecule is CC(C)CCC(C)(C)CCC(C)(C)CC(N)=O. The quantitative estimate of drug-likeness (QED) is 0.682. The van der Waals surface area contributed by atoms with E-state index < -0.39 is 0 Å². The second kappa shape index (κ2) is 6.42. The summed E-state index contributed by atoms with van der Waals surface area (Å²) in [7, 11) is 0. The fourth-order valence-corrected chi connectivity index (χ4v) is 2.04. The summed E-state index contributed by atoms with van der Waals surface area (Å²) in [6.07, 6.45) is 5.27. The van der Waals surface area contributed by atoms with Crippen LogP contribution >= 0.6 is 0 Å². The van der Waals surface area contributed by atoms with Gasteiger partial charge in [0.2, 0.25) is 5.91 Å². The van der Waals surface area contributed by atoms with Gasteiger partial charge in [0.25, 0.3) is 0 Å². The molecule has 0 aromatic carbocycles. The molecule has 0 aromatic rings. The highest BCUT2D eigenvalue weighted by Gasteiger charge is 2.25. The van der Waals surface area contributed by atoms with Gasteiger partial charge in [-0.15, -0.1) is 0 Å². The van der Waals surface area contributed by atoms with Crippen LogP contribution in [0.15, 0.2) is 0 Å². The Labute approximate surface area is 107 Å². The normalized spacial score (nSPS) is 13.1. The van der Waals surface area contributed by atoms with Crippen LogP contribution in [0.4, 0.5) is 0 Å². The van der Waals surface area contributed by atoms with Gasteiger partial charge in [-0.05, 0) is 36.0 Å². The number of amides is 1. The van der Waals surface area contributed by atoms with E-state index in [1.54, 1.807) is 0 Å². The minimum Gasteiger partial charge on any atom is -0.370 e. The lowest BCUT2D eigenvalue weighted by Gasteiger charge is -2.31. The number of carbonyl (C=O) groups excluding carboxylic acids is 1. The van der Waals surface area contributed by atoms with Gasteiger partial charge in [-0.3, -0.25) is 4.79 Å². The summed E-state index contributed by atoms with van der Waals surface area (Å²) in [6, 6.07) is 0. The van der Waals surface area contributed by atoms with Crippen molar-refractivity contribution < 1.29 is 4.79 Å². The van der Waals surface area contributed by atoms with Gasteiger partial charge in [0.1, 0.15) is 0 Å². The molecule has 0 unspecified atom stereocenters. The van der Waals surface area contributed by atoms with Gasteiger partial charge in [0.05, 0.1) is 0 Å². The molecule has 0 atom stereocenters. The molecule has 0 radical (unpaired) electrons. The molecule has 17 heavy (non-hydrogen) atoms. The van der Waals surface area contributed by atoms with Gasteiger partial charge in [0.15, 0.2) is 0 Å². The van der Waals surface area contributed by atoms with Gasteiger partial charge in [-0.1, -0.05) is 48.0 Å². The first-order valence-corrected chi connectivity index (χ1v) is 6.82. The van der Waals surface area contributed by atoms with Gasteiger partial charge in [-0.2, -0.15) is 0 Å². The van der Waals surface area contributed by atoms with Gasteiger partial charge in [0, 0.05) is 6.42 Å². The van der Waals surface area contributed by atoms with E-state index in [2.05, 4.69) is 41.5 Å². The van der Waals surface area contributed by atoms with Crippen LogP contribution in [0, 0.1) is 16.7 Å². The molecule has 0 saturated carbocycles. The third kappa shape index (κ3) is 9.20. The van der Waals surface area contributed by atoms with Crippen molar-refractivity contribution in [3.8, 4) is 0 Å². The number of hydrogen-bond donors (Lipinski definition) is 1. The van der Waals surface area contributed by atoms with Gasteiger partial charge in [-0.25, -0.2) is 0 Å². The van der Waals surface area contributed by atoms with Gasteiger partial charge < -0.3 is 5.73 Å². The molecular formula is C15H31NO. The van der Waals surface area contributed by atoms with Crippen molar-refractivity contribution in [1.29, 1.82) is 0 Å². The van der Waals surface area contributed by atoms with Crippen LogP contribution in [0.3, 0.4) is 0 Å². The van der Waals surface area contributed by atoms with E-state index in [1.807, 2.05) is 0 Å². The predicted octanol–water partition coefficient (Wildman–Crippen LogP) is 4.13. The van der Waals surface area contributed by atoms with Crippen molar-refractivity contribution >= 4 is 5.91 Å². The van der Waals surface area contributed by atoms with E-state index in [4.69, 9.17) is 5.73 Å². The van der Waals surface area contributed by atoms with Crippen LogP contribution in [-0.4, -0.2) is 5.91 Å². The Kier molecular flexibility index (Phi) is 6.22. The van der Waals surface area contributed by atoms with Crippen LogP contribution in [0.5, 0.6) is 0 Å². The number of carbonyl (C=O) groups is 1. The van der Waals surface area contributed by atoms with Crippen molar-refractivity contribution in [2.24, 2.45) is 22.5 Å². The molecule has 0 aliphatic heterocycles. The van der Waals surface area contributed by atoms with Crippen molar-refractivity contribution in [3.05, 3.63) is 0 Å². The number of primary amides is 1. The van der Waals surface area contributed by atoms with Crippen LogP contribution < -0.4 is 5.73 Å². The Hall–Kier alpha value is -0.530. The zero-order chi connectivity index (χ0) is 13.7. The topological polar surface area (TPSA) is 43.1 Å². The molecule has 0 aliphatic rings. The first-order chi connectivity index (χ1) is 7.54. The Morgan fingerprint density at radius 2 is 1.47 bits per heavy atom. The Morgan fingerprint density at radius 1 is 1.00 bits per heavy atom. The minimum absolute atomic E-state index is 0.0426.